The van der Waals surface area contributed by atoms with Gasteiger partial charge in [-0.25, -0.2) is 9.13 Å². The lowest BCUT2D eigenvalue weighted by Crippen LogP contribution is -2.30. The highest BCUT2D eigenvalue weighted by molar-refractivity contribution is 7.47. The van der Waals surface area contributed by atoms with Crippen molar-refractivity contribution >= 4 is 39.5 Å². The summed E-state index contributed by atoms with van der Waals surface area (Å²) < 4.78 is 68.3. The number of hydrogen-bond donors (Lipinski definition) is 3. The molecule has 0 rings (SSSR count). The quantitative estimate of drug-likeness (QED) is 0.0169. The van der Waals surface area contributed by atoms with Gasteiger partial charge < -0.3 is 33.8 Å². The van der Waals surface area contributed by atoms with E-state index in [1.54, 1.807) is 0 Å². The van der Waals surface area contributed by atoms with Gasteiger partial charge in [-0.05, 0) is 135 Å². The zero-order valence-electron chi connectivity index (χ0n) is 60.3. The molecule has 0 bridgehead atoms. The third-order valence-electron chi connectivity index (χ3n) is 15.5. The minimum Gasteiger partial charge on any atom is -0.462 e. The van der Waals surface area contributed by atoms with Crippen molar-refractivity contribution in [2.24, 2.45) is 0 Å². The second kappa shape index (κ2) is 69.5. The maximum atomic E-state index is 13.1. The van der Waals surface area contributed by atoms with Crippen molar-refractivity contribution < 1.29 is 80.2 Å². The summed E-state index contributed by atoms with van der Waals surface area (Å²) in [5, 5.41) is 10.6. The van der Waals surface area contributed by atoms with Crippen LogP contribution in [0, 0.1) is 0 Å². The third kappa shape index (κ3) is 68.5. The molecule has 3 N–H and O–H groups in total. The lowest BCUT2D eigenvalue weighted by molar-refractivity contribution is -0.161. The van der Waals surface area contributed by atoms with Crippen LogP contribution in [0.15, 0.2) is 97.2 Å². The van der Waals surface area contributed by atoms with E-state index in [1.807, 2.05) is 0 Å². The van der Waals surface area contributed by atoms with Crippen LogP contribution in [0.4, 0.5) is 0 Å². The highest BCUT2D eigenvalue weighted by Gasteiger charge is 2.30. The molecule has 19 heteroatoms. The number of rotatable bonds is 70. The molecule has 0 aliphatic rings. The van der Waals surface area contributed by atoms with Gasteiger partial charge in [-0.15, -0.1) is 0 Å². The molecule has 0 aliphatic heterocycles. The van der Waals surface area contributed by atoms with E-state index >= 15 is 0 Å². The Morgan fingerprint density at radius 3 is 0.875 bits per heavy atom. The summed E-state index contributed by atoms with van der Waals surface area (Å²) in [7, 11) is -9.95. The van der Waals surface area contributed by atoms with E-state index < -0.39 is 97.5 Å². The highest BCUT2D eigenvalue weighted by atomic mass is 31.2. The monoisotopic (exact) mass is 1390 g/mol. The van der Waals surface area contributed by atoms with Crippen molar-refractivity contribution in [3.8, 4) is 0 Å². The predicted octanol–water partition coefficient (Wildman–Crippen LogP) is 21.2. The Balaban J connectivity index is 5.33. The zero-order chi connectivity index (χ0) is 70.4. The van der Waals surface area contributed by atoms with E-state index in [-0.39, 0.29) is 25.7 Å². The number of allylic oxidation sites excluding steroid dienone is 16. The number of unbranched alkanes of at least 4 members (excludes halogenated alkanes) is 28. The van der Waals surface area contributed by atoms with Crippen LogP contribution in [0.2, 0.25) is 0 Å². The first-order chi connectivity index (χ1) is 46.7. The average Bonchev–Trinajstić information content (AvgIpc) is 1.16. The van der Waals surface area contributed by atoms with E-state index in [1.165, 1.54) is 44.9 Å². The van der Waals surface area contributed by atoms with E-state index in [9.17, 15) is 43.2 Å². The molecule has 0 fully saturated rings. The Kier molecular flexibility index (Phi) is 66.6. The standard InChI is InChI=1S/C77H134O17P2/c1-5-9-13-17-21-25-29-31-33-34-35-36-38-39-43-46-50-54-58-62-75(80)88-68-73(94-77(82)64-60-56-52-48-44-40-37-32-30-26-22-18-14-10-6-2)70-92-96(85,86)90-66-71(78)65-89-95(83,84)91-69-72(93-76(81)63-59-55-51-47-42-28-24-20-16-12-8-4)67-87-74(79)61-57-53-49-45-41-27-23-19-15-11-7-3/h10,14,19-26,31-33,35-37,71-73,78H,5-9,11-13,15-18,27-30,34,38-70H2,1-4H3,(H,83,84)(H,85,86)/b14-10-,23-19-,24-20-,25-21-,26-22-,33-31-,36-35-,37-32-. The van der Waals surface area contributed by atoms with Gasteiger partial charge in [0.25, 0.3) is 0 Å². The Labute approximate surface area is 582 Å². The van der Waals surface area contributed by atoms with E-state index in [4.69, 9.17) is 37.0 Å². The molecule has 0 saturated carbocycles. The predicted molar refractivity (Wildman–Crippen MR) is 390 cm³/mol. The van der Waals surface area contributed by atoms with Crippen LogP contribution in [0.1, 0.15) is 310 Å². The fourth-order valence-corrected chi connectivity index (χ4v) is 11.3. The van der Waals surface area contributed by atoms with Crippen LogP contribution in [-0.4, -0.2) is 96.7 Å². The van der Waals surface area contributed by atoms with Crippen molar-refractivity contribution in [1.29, 1.82) is 0 Å². The van der Waals surface area contributed by atoms with Crippen molar-refractivity contribution in [3.63, 3.8) is 0 Å². The molecular formula is C77H134O17P2. The third-order valence-corrected chi connectivity index (χ3v) is 17.4. The minimum absolute atomic E-state index is 0.0719. The first kappa shape index (κ1) is 92.0. The second-order valence-corrected chi connectivity index (χ2v) is 27.8. The average molecular weight is 1390 g/mol. The second-order valence-electron chi connectivity index (χ2n) is 24.8. The van der Waals surface area contributed by atoms with Crippen LogP contribution in [0.3, 0.4) is 0 Å². The summed E-state index contributed by atoms with van der Waals surface area (Å²) >= 11 is 0. The molecule has 0 spiro atoms. The van der Waals surface area contributed by atoms with Crippen LogP contribution in [0.5, 0.6) is 0 Å². The minimum atomic E-state index is -4.98. The summed E-state index contributed by atoms with van der Waals surface area (Å²) in [5.74, 6) is -2.22. The molecule has 0 aromatic rings. The van der Waals surface area contributed by atoms with Gasteiger partial charge in [0, 0.05) is 25.7 Å². The fraction of sp³-hybridized carbons (Fsp3) is 0.740. The smallest absolute Gasteiger partial charge is 0.462 e. The SMILES string of the molecule is CC/C=C\C/C=C\C/C=C\CCCCCCCC(=O)OC(COC(=O)CCCCCCCC/C=C\C/C=C\C/C=C\CCCCC)COP(=O)(O)OCC(O)COP(=O)(O)OCC(COC(=O)CCCCCCC/C=C\CCCC)OC(=O)CCCCCCC/C=C\CCCC. The largest absolute Gasteiger partial charge is 0.472 e. The number of phosphoric ester groups is 2. The lowest BCUT2D eigenvalue weighted by Gasteiger charge is -2.21. The molecule has 554 valence electrons. The molecule has 0 aliphatic carbocycles. The van der Waals surface area contributed by atoms with Crippen molar-refractivity contribution in [3.05, 3.63) is 97.2 Å². The first-order valence-corrected chi connectivity index (χ1v) is 40.5. The molecule has 0 radical (unpaired) electrons. The molecule has 0 amide bonds. The molecule has 0 saturated heterocycles. The number of carbonyl (C=O) groups excluding carboxylic acids is 4. The Morgan fingerprint density at radius 1 is 0.302 bits per heavy atom. The number of phosphoric acid groups is 2. The summed E-state index contributed by atoms with van der Waals surface area (Å²) in [6, 6.07) is 0. The number of aliphatic hydroxyl groups is 1. The normalized spacial score (nSPS) is 14.5. The van der Waals surface area contributed by atoms with Gasteiger partial charge in [-0.1, -0.05) is 247 Å². The summed E-state index contributed by atoms with van der Waals surface area (Å²) in [5.41, 5.74) is 0. The van der Waals surface area contributed by atoms with Gasteiger partial charge >= 0.3 is 39.5 Å². The zero-order valence-corrected chi connectivity index (χ0v) is 62.1. The number of hydrogen-bond acceptors (Lipinski definition) is 15. The summed E-state index contributed by atoms with van der Waals surface area (Å²) in [6.07, 6.45) is 71.2. The molecule has 5 atom stereocenters. The van der Waals surface area contributed by atoms with Crippen molar-refractivity contribution in [1.82, 2.24) is 0 Å². The van der Waals surface area contributed by atoms with E-state index in [0.29, 0.717) is 25.7 Å². The molecule has 0 aromatic carbocycles. The summed E-state index contributed by atoms with van der Waals surface area (Å²) in [4.78, 5) is 72.7. The van der Waals surface area contributed by atoms with Crippen LogP contribution >= 0.6 is 15.6 Å². The molecule has 0 heterocycles. The van der Waals surface area contributed by atoms with Gasteiger partial charge in [0.1, 0.15) is 19.3 Å². The van der Waals surface area contributed by atoms with Gasteiger partial charge in [0.15, 0.2) is 12.2 Å². The van der Waals surface area contributed by atoms with E-state index in [0.717, 1.165) is 186 Å². The van der Waals surface area contributed by atoms with Gasteiger partial charge in [0.05, 0.1) is 26.4 Å². The summed E-state index contributed by atoms with van der Waals surface area (Å²) in [6.45, 7) is 4.61. The van der Waals surface area contributed by atoms with Crippen LogP contribution < -0.4 is 0 Å². The molecule has 96 heavy (non-hydrogen) atoms. The number of carbonyl (C=O) groups is 4. The Bertz CT molecular complexity index is 2200. The van der Waals surface area contributed by atoms with Gasteiger partial charge in [-0.3, -0.25) is 37.3 Å². The molecular weight excluding hydrogens is 1260 g/mol. The van der Waals surface area contributed by atoms with Crippen LogP contribution in [-0.2, 0) is 65.4 Å². The number of ether oxygens (including phenoxy) is 4. The number of aliphatic hydroxyl groups excluding tert-OH is 1. The lowest BCUT2D eigenvalue weighted by atomic mass is 10.1. The Morgan fingerprint density at radius 2 is 0.552 bits per heavy atom. The van der Waals surface area contributed by atoms with Gasteiger partial charge in [-0.2, -0.15) is 0 Å². The molecule has 5 unspecified atom stereocenters. The Hall–Kier alpha value is -4.02. The van der Waals surface area contributed by atoms with Crippen molar-refractivity contribution in [2.75, 3.05) is 39.6 Å². The highest BCUT2D eigenvalue weighted by Crippen LogP contribution is 2.45. The number of esters is 4. The maximum Gasteiger partial charge on any atom is 0.472 e. The fourth-order valence-electron chi connectivity index (χ4n) is 9.73. The first-order valence-electron chi connectivity index (χ1n) is 37.5. The molecule has 17 nitrogen and oxygen atoms in total. The molecule has 0 aromatic heterocycles. The topological polar surface area (TPSA) is 237 Å². The van der Waals surface area contributed by atoms with E-state index in [2.05, 4.69) is 125 Å². The van der Waals surface area contributed by atoms with Gasteiger partial charge in [0.2, 0.25) is 0 Å². The van der Waals surface area contributed by atoms with Crippen molar-refractivity contribution in [2.45, 2.75) is 329 Å². The van der Waals surface area contributed by atoms with Crippen LogP contribution in [0.25, 0.3) is 0 Å². The maximum absolute atomic E-state index is 13.1.